The van der Waals surface area contributed by atoms with Gasteiger partial charge < -0.3 is 11.1 Å². The van der Waals surface area contributed by atoms with E-state index >= 15 is 0 Å². The first-order valence-corrected chi connectivity index (χ1v) is 6.57. The standard InChI is InChI=1S/C14H28N2/c1-4-6-8-9-10-11-14(3,13-15)16-12-7-5-2/h2,16H,4,6-13,15H2,1,3H3. The van der Waals surface area contributed by atoms with Crippen LogP contribution in [0.3, 0.4) is 0 Å². The second-order valence-corrected chi connectivity index (χ2v) is 4.81. The third-order valence-electron chi connectivity index (χ3n) is 3.10. The first kappa shape index (κ1) is 15.5. The Morgan fingerprint density at radius 3 is 2.50 bits per heavy atom. The fraction of sp³-hybridized carbons (Fsp3) is 0.857. The van der Waals surface area contributed by atoms with Crippen molar-refractivity contribution >= 4 is 0 Å². The van der Waals surface area contributed by atoms with Gasteiger partial charge in [-0.05, 0) is 13.3 Å². The topological polar surface area (TPSA) is 38.0 Å². The van der Waals surface area contributed by atoms with Crippen LogP contribution in [0.15, 0.2) is 0 Å². The quantitative estimate of drug-likeness (QED) is 0.442. The molecular weight excluding hydrogens is 196 g/mol. The maximum atomic E-state index is 5.82. The fourth-order valence-electron chi connectivity index (χ4n) is 1.82. The van der Waals surface area contributed by atoms with Crippen LogP contribution < -0.4 is 11.1 Å². The fourth-order valence-corrected chi connectivity index (χ4v) is 1.82. The molecule has 0 aromatic rings. The molecule has 3 N–H and O–H groups in total. The molecular formula is C14H28N2. The summed E-state index contributed by atoms with van der Waals surface area (Å²) >= 11 is 0. The van der Waals surface area contributed by atoms with Gasteiger partial charge in [0.1, 0.15) is 0 Å². The number of rotatable bonds is 10. The Labute approximate surface area is 101 Å². The van der Waals surface area contributed by atoms with Crippen LogP contribution in [0, 0.1) is 12.3 Å². The Morgan fingerprint density at radius 1 is 1.25 bits per heavy atom. The predicted octanol–water partition coefficient (Wildman–Crippen LogP) is 2.68. The molecule has 0 saturated heterocycles. The highest BCUT2D eigenvalue weighted by atomic mass is 15.0. The van der Waals surface area contributed by atoms with Crippen molar-refractivity contribution in [3.63, 3.8) is 0 Å². The average Bonchev–Trinajstić information content (AvgIpc) is 2.29. The molecule has 0 aliphatic heterocycles. The van der Waals surface area contributed by atoms with Crippen molar-refractivity contribution in [3.05, 3.63) is 0 Å². The van der Waals surface area contributed by atoms with Crippen LogP contribution >= 0.6 is 0 Å². The lowest BCUT2D eigenvalue weighted by Gasteiger charge is -2.29. The number of nitrogens with two attached hydrogens (primary N) is 1. The molecule has 0 spiro atoms. The highest BCUT2D eigenvalue weighted by Gasteiger charge is 2.20. The molecule has 1 atom stereocenters. The van der Waals surface area contributed by atoms with Crippen LogP contribution in [-0.2, 0) is 0 Å². The highest BCUT2D eigenvalue weighted by Crippen LogP contribution is 2.14. The molecule has 16 heavy (non-hydrogen) atoms. The van der Waals surface area contributed by atoms with Crippen molar-refractivity contribution in [2.75, 3.05) is 13.1 Å². The number of hydrogen-bond acceptors (Lipinski definition) is 2. The van der Waals surface area contributed by atoms with Crippen LogP contribution in [0.1, 0.15) is 58.8 Å². The molecule has 0 aromatic carbocycles. The first-order valence-electron chi connectivity index (χ1n) is 6.57. The van der Waals surface area contributed by atoms with E-state index in [4.69, 9.17) is 12.2 Å². The SMILES string of the molecule is C#CCCNC(C)(CN)CCCCCCC. The molecule has 0 rings (SSSR count). The van der Waals surface area contributed by atoms with E-state index in [-0.39, 0.29) is 5.54 Å². The molecule has 94 valence electrons. The minimum atomic E-state index is 0.0725. The summed E-state index contributed by atoms with van der Waals surface area (Å²) in [5, 5.41) is 3.47. The van der Waals surface area contributed by atoms with E-state index in [1.54, 1.807) is 0 Å². The summed E-state index contributed by atoms with van der Waals surface area (Å²) in [6.45, 7) is 6.00. The molecule has 0 saturated carbocycles. The van der Waals surface area contributed by atoms with Gasteiger partial charge in [-0.25, -0.2) is 0 Å². The lowest BCUT2D eigenvalue weighted by atomic mass is 9.94. The van der Waals surface area contributed by atoms with Gasteiger partial charge in [-0.15, -0.1) is 12.3 Å². The van der Waals surface area contributed by atoms with Crippen molar-refractivity contribution in [1.82, 2.24) is 5.32 Å². The molecule has 2 heteroatoms. The smallest absolute Gasteiger partial charge is 0.0276 e. The normalized spacial score (nSPS) is 14.4. The molecule has 0 radical (unpaired) electrons. The molecule has 0 aromatic heterocycles. The van der Waals surface area contributed by atoms with Crippen molar-refractivity contribution < 1.29 is 0 Å². The van der Waals surface area contributed by atoms with Gasteiger partial charge in [0.05, 0.1) is 0 Å². The number of terminal acetylenes is 1. The second kappa shape index (κ2) is 9.69. The Hall–Kier alpha value is -0.520. The van der Waals surface area contributed by atoms with Gasteiger partial charge in [0.2, 0.25) is 0 Å². The Bertz CT molecular complexity index is 195. The predicted molar refractivity (Wildman–Crippen MR) is 72.3 cm³/mol. The van der Waals surface area contributed by atoms with Crippen LogP contribution in [0.4, 0.5) is 0 Å². The maximum Gasteiger partial charge on any atom is 0.0276 e. The van der Waals surface area contributed by atoms with Crippen molar-refractivity contribution in [2.45, 2.75) is 64.3 Å². The van der Waals surface area contributed by atoms with E-state index < -0.39 is 0 Å². The summed E-state index contributed by atoms with van der Waals surface area (Å²) in [7, 11) is 0. The molecule has 0 heterocycles. The van der Waals surface area contributed by atoms with E-state index in [1.807, 2.05) is 0 Å². The molecule has 0 amide bonds. The van der Waals surface area contributed by atoms with Gasteiger partial charge in [0, 0.05) is 25.0 Å². The van der Waals surface area contributed by atoms with Gasteiger partial charge in [0.25, 0.3) is 0 Å². The number of nitrogens with one attached hydrogen (secondary N) is 1. The summed E-state index contributed by atoms with van der Waals surface area (Å²) < 4.78 is 0. The van der Waals surface area contributed by atoms with Gasteiger partial charge in [-0.3, -0.25) is 0 Å². The van der Waals surface area contributed by atoms with E-state index in [1.165, 1.54) is 32.1 Å². The van der Waals surface area contributed by atoms with Crippen molar-refractivity contribution in [1.29, 1.82) is 0 Å². The lowest BCUT2D eigenvalue weighted by molar-refractivity contribution is 0.330. The third kappa shape index (κ3) is 7.73. The molecule has 1 unspecified atom stereocenters. The highest BCUT2D eigenvalue weighted by molar-refractivity contribution is 4.89. The first-order chi connectivity index (χ1) is 7.68. The van der Waals surface area contributed by atoms with Gasteiger partial charge in [-0.2, -0.15) is 0 Å². The van der Waals surface area contributed by atoms with Gasteiger partial charge >= 0.3 is 0 Å². The van der Waals surface area contributed by atoms with Crippen molar-refractivity contribution in [3.8, 4) is 12.3 Å². The van der Waals surface area contributed by atoms with E-state index in [2.05, 4.69) is 25.1 Å². The van der Waals surface area contributed by atoms with Crippen LogP contribution in [0.5, 0.6) is 0 Å². The Morgan fingerprint density at radius 2 is 1.94 bits per heavy atom. The van der Waals surface area contributed by atoms with Crippen molar-refractivity contribution in [2.24, 2.45) is 5.73 Å². The molecule has 0 aliphatic carbocycles. The second-order valence-electron chi connectivity index (χ2n) is 4.81. The van der Waals surface area contributed by atoms with Gasteiger partial charge in [0.15, 0.2) is 0 Å². The number of hydrogen-bond donors (Lipinski definition) is 2. The molecule has 2 nitrogen and oxygen atoms in total. The van der Waals surface area contributed by atoms with Gasteiger partial charge in [-0.1, -0.05) is 39.0 Å². The monoisotopic (exact) mass is 224 g/mol. The van der Waals surface area contributed by atoms with Crippen LogP contribution in [0.2, 0.25) is 0 Å². The number of unbranched alkanes of at least 4 members (excludes halogenated alkanes) is 4. The molecule has 0 bridgehead atoms. The van der Waals surface area contributed by atoms with Crippen LogP contribution in [0.25, 0.3) is 0 Å². The lowest BCUT2D eigenvalue weighted by Crippen LogP contribution is -2.48. The Balaban J connectivity index is 3.66. The summed E-state index contributed by atoms with van der Waals surface area (Å²) in [5.41, 5.74) is 5.89. The summed E-state index contributed by atoms with van der Waals surface area (Å²) in [6.07, 6.45) is 13.7. The van der Waals surface area contributed by atoms with E-state index in [9.17, 15) is 0 Å². The van der Waals surface area contributed by atoms with E-state index in [0.29, 0.717) is 6.54 Å². The minimum Gasteiger partial charge on any atom is -0.329 e. The zero-order chi connectivity index (χ0) is 12.3. The average molecular weight is 224 g/mol. The Kier molecular flexibility index (Phi) is 9.37. The zero-order valence-corrected chi connectivity index (χ0v) is 11.0. The summed E-state index contributed by atoms with van der Waals surface area (Å²) in [4.78, 5) is 0. The minimum absolute atomic E-state index is 0.0725. The van der Waals surface area contributed by atoms with E-state index in [0.717, 1.165) is 19.4 Å². The maximum absolute atomic E-state index is 5.82. The zero-order valence-electron chi connectivity index (χ0n) is 11.0. The summed E-state index contributed by atoms with van der Waals surface area (Å²) in [6, 6.07) is 0. The molecule has 0 aliphatic rings. The third-order valence-corrected chi connectivity index (χ3v) is 3.10. The largest absolute Gasteiger partial charge is 0.329 e. The van der Waals surface area contributed by atoms with Crippen LogP contribution in [-0.4, -0.2) is 18.6 Å². The summed E-state index contributed by atoms with van der Waals surface area (Å²) in [5.74, 6) is 2.65. The molecule has 0 fully saturated rings.